The van der Waals surface area contributed by atoms with Crippen molar-refractivity contribution in [1.29, 1.82) is 0 Å². The summed E-state index contributed by atoms with van der Waals surface area (Å²) in [6.07, 6.45) is -0.129. The van der Waals surface area contributed by atoms with Crippen LogP contribution in [0.5, 0.6) is 0 Å². The molecule has 7 heteroatoms. The van der Waals surface area contributed by atoms with Crippen LogP contribution in [0.25, 0.3) is 0 Å². The Hall–Kier alpha value is -1.89. The lowest BCUT2D eigenvalue weighted by atomic mass is 10.1. The highest BCUT2D eigenvalue weighted by Gasteiger charge is 2.36. The van der Waals surface area contributed by atoms with Crippen molar-refractivity contribution >= 4 is 29.1 Å². The molecule has 1 aliphatic rings. The number of hydrogen-bond donors (Lipinski definition) is 1. The Morgan fingerprint density at radius 2 is 2.19 bits per heavy atom. The first-order valence-electron chi connectivity index (χ1n) is 6.66. The predicted molar refractivity (Wildman–Crippen MR) is 78.3 cm³/mol. The zero-order valence-electron chi connectivity index (χ0n) is 12.3. The van der Waals surface area contributed by atoms with E-state index in [0.29, 0.717) is 18.7 Å². The van der Waals surface area contributed by atoms with Crippen LogP contribution in [0.2, 0.25) is 0 Å². The van der Waals surface area contributed by atoms with Crippen LogP contribution >= 0.6 is 11.3 Å². The zero-order chi connectivity index (χ0) is 15.6. The molecule has 0 spiro atoms. The van der Waals surface area contributed by atoms with Crippen LogP contribution in [0.3, 0.4) is 0 Å². The van der Waals surface area contributed by atoms with Gasteiger partial charge in [0.05, 0.1) is 19.1 Å². The van der Waals surface area contributed by atoms with Crippen molar-refractivity contribution in [3.63, 3.8) is 0 Å². The fourth-order valence-corrected chi connectivity index (χ4v) is 3.32. The Morgan fingerprint density at radius 3 is 2.76 bits per heavy atom. The van der Waals surface area contributed by atoms with E-state index in [9.17, 15) is 14.4 Å². The van der Waals surface area contributed by atoms with E-state index in [1.807, 2.05) is 19.9 Å². The summed E-state index contributed by atoms with van der Waals surface area (Å²) in [7, 11) is 1.27. The average Bonchev–Trinajstić information content (AvgIpc) is 2.79. The molecule has 1 aliphatic heterocycles. The molecule has 2 heterocycles. The number of amides is 2. The van der Waals surface area contributed by atoms with Gasteiger partial charge in [-0.05, 0) is 19.9 Å². The number of rotatable bonds is 3. The summed E-state index contributed by atoms with van der Waals surface area (Å²) >= 11 is 1.54. The van der Waals surface area contributed by atoms with Gasteiger partial charge in [0.25, 0.3) is 5.91 Å². The fourth-order valence-electron chi connectivity index (χ4n) is 2.40. The summed E-state index contributed by atoms with van der Waals surface area (Å²) in [5, 5.41) is 2.68. The summed E-state index contributed by atoms with van der Waals surface area (Å²) < 4.78 is 4.61. The number of nitrogens with one attached hydrogen (secondary N) is 1. The van der Waals surface area contributed by atoms with Gasteiger partial charge in [0.2, 0.25) is 5.91 Å². The molecular weight excluding hydrogens is 292 g/mol. The number of hydrogen-bond acceptors (Lipinski definition) is 5. The third kappa shape index (κ3) is 3.24. The maximum absolute atomic E-state index is 12.7. The van der Waals surface area contributed by atoms with E-state index in [2.05, 4.69) is 10.1 Å². The second kappa shape index (κ2) is 6.26. The molecule has 1 aromatic rings. The average molecular weight is 310 g/mol. The molecule has 0 saturated carbocycles. The van der Waals surface area contributed by atoms with Crippen molar-refractivity contribution in [3.8, 4) is 0 Å². The molecule has 0 aromatic carbocycles. The van der Waals surface area contributed by atoms with Gasteiger partial charge in [-0.2, -0.15) is 0 Å². The molecule has 1 aromatic heterocycles. The molecule has 0 aliphatic carbocycles. The molecule has 1 unspecified atom stereocenters. The van der Waals surface area contributed by atoms with Gasteiger partial charge in [0.15, 0.2) is 0 Å². The standard InChI is InChI=1S/C14H18N2O4S/c1-8-6-10(9(2)21-8)14(19)16-5-4-15-13(18)11(16)7-12(17)20-3/h6,11H,4-5,7H2,1-3H3,(H,15,18). The van der Waals surface area contributed by atoms with Crippen LogP contribution in [0.15, 0.2) is 6.07 Å². The van der Waals surface area contributed by atoms with Crippen LogP contribution in [0, 0.1) is 13.8 Å². The van der Waals surface area contributed by atoms with Crippen molar-refractivity contribution < 1.29 is 19.1 Å². The molecule has 2 amide bonds. The van der Waals surface area contributed by atoms with E-state index in [1.54, 1.807) is 11.3 Å². The van der Waals surface area contributed by atoms with E-state index in [0.717, 1.165) is 9.75 Å². The second-order valence-electron chi connectivity index (χ2n) is 4.91. The fraction of sp³-hybridized carbons (Fsp3) is 0.500. The van der Waals surface area contributed by atoms with Gasteiger partial charge in [0, 0.05) is 22.8 Å². The van der Waals surface area contributed by atoms with Crippen LogP contribution in [0.1, 0.15) is 26.5 Å². The number of carbonyl (C=O) groups is 3. The molecule has 2 rings (SSSR count). The number of carbonyl (C=O) groups excluding carboxylic acids is 3. The number of piperazine rings is 1. The topological polar surface area (TPSA) is 75.7 Å². The molecule has 0 bridgehead atoms. The lowest BCUT2D eigenvalue weighted by Crippen LogP contribution is -2.57. The molecule has 1 saturated heterocycles. The number of esters is 1. The Labute approximate surface area is 127 Å². The van der Waals surface area contributed by atoms with Gasteiger partial charge in [-0.3, -0.25) is 14.4 Å². The first kappa shape index (κ1) is 15.5. The normalized spacial score (nSPS) is 18.3. The van der Waals surface area contributed by atoms with Gasteiger partial charge in [-0.1, -0.05) is 0 Å². The highest BCUT2D eigenvalue weighted by molar-refractivity contribution is 7.12. The van der Waals surface area contributed by atoms with Crippen LogP contribution in [0.4, 0.5) is 0 Å². The van der Waals surface area contributed by atoms with Crippen LogP contribution in [-0.4, -0.2) is 48.9 Å². The maximum Gasteiger partial charge on any atom is 0.308 e. The molecule has 1 N–H and O–H groups in total. The van der Waals surface area contributed by atoms with Crippen LogP contribution < -0.4 is 5.32 Å². The molecule has 6 nitrogen and oxygen atoms in total. The molecule has 0 radical (unpaired) electrons. The van der Waals surface area contributed by atoms with Crippen LogP contribution in [-0.2, 0) is 14.3 Å². The van der Waals surface area contributed by atoms with Gasteiger partial charge in [0.1, 0.15) is 6.04 Å². The van der Waals surface area contributed by atoms with Crippen molar-refractivity contribution in [2.24, 2.45) is 0 Å². The third-order valence-corrected chi connectivity index (χ3v) is 4.42. The highest BCUT2D eigenvalue weighted by atomic mass is 32.1. The highest BCUT2D eigenvalue weighted by Crippen LogP contribution is 2.24. The minimum absolute atomic E-state index is 0.129. The van der Waals surface area contributed by atoms with Crippen molar-refractivity contribution in [2.45, 2.75) is 26.3 Å². The number of nitrogens with zero attached hydrogens (tertiary/aromatic N) is 1. The monoisotopic (exact) mass is 310 g/mol. The SMILES string of the molecule is COC(=O)CC1C(=O)NCCN1C(=O)c1cc(C)sc1C. The minimum Gasteiger partial charge on any atom is -0.469 e. The Morgan fingerprint density at radius 1 is 1.48 bits per heavy atom. The molecule has 114 valence electrons. The smallest absolute Gasteiger partial charge is 0.308 e. The van der Waals surface area contributed by atoms with E-state index in [4.69, 9.17) is 0 Å². The lowest BCUT2D eigenvalue weighted by molar-refractivity contribution is -0.145. The van der Waals surface area contributed by atoms with Gasteiger partial charge in [-0.25, -0.2) is 0 Å². The van der Waals surface area contributed by atoms with Gasteiger partial charge >= 0.3 is 5.97 Å². The first-order chi connectivity index (χ1) is 9.93. The quantitative estimate of drug-likeness (QED) is 0.841. The van der Waals surface area contributed by atoms with E-state index < -0.39 is 12.0 Å². The molecule has 1 atom stereocenters. The largest absolute Gasteiger partial charge is 0.469 e. The summed E-state index contributed by atoms with van der Waals surface area (Å²) in [6.45, 7) is 4.60. The molecular formula is C14H18N2O4S. The summed E-state index contributed by atoms with van der Waals surface area (Å²) in [5.41, 5.74) is 0.599. The number of ether oxygens (including phenoxy) is 1. The number of methoxy groups -OCH3 is 1. The Balaban J connectivity index is 2.25. The first-order valence-corrected chi connectivity index (χ1v) is 7.48. The minimum atomic E-state index is -0.807. The zero-order valence-corrected chi connectivity index (χ0v) is 13.1. The van der Waals surface area contributed by atoms with Gasteiger partial charge in [-0.15, -0.1) is 11.3 Å². The van der Waals surface area contributed by atoms with Crippen molar-refractivity contribution in [3.05, 3.63) is 21.4 Å². The number of thiophene rings is 1. The molecule has 1 fully saturated rings. The number of aryl methyl sites for hydroxylation is 2. The summed E-state index contributed by atoms with van der Waals surface area (Å²) in [5.74, 6) is -1.03. The summed E-state index contributed by atoms with van der Waals surface area (Å²) in [6, 6.07) is 1.02. The lowest BCUT2D eigenvalue weighted by Gasteiger charge is -2.34. The second-order valence-corrected chi connectivity index (χ2v) is 6.37. The Kier molecular flexibility index (Phi) is 4.62. The third-order valence-electron chi connectivity index (χ3n) is 3.45. The Bertz CT molecular complexity index is 582. The van der Waals surface area contributed by atoms with Crippen molar-refractivity contribution in [1.82, 2.24) is 10.2 Å². The van der Waals surface area contributed by atoms with E-state index in [1.165, 1.54) is 12.0 Å². The maximum atomic E-state index is 12.7. The summed E-state index contributed by atoms with van der Waals surface area (Å²) in [4.78, 5) is 39.5. The predicted octanol–water partition coefficient (Wildman–Crippen LogP) is 0.869. The van der Waals surface area contributed by atoms with Crippen molar-refractivity contribution in [2.75, 3.05) is 20.2 Å². The van der Waals surface area contributed by atoms with E-state index >= 15 is 0 Å². The van der Waals surface area contributed by atoms with Gasteiger partial charge < -0.3 is 15.0 Å². The molecule has 21 heavy (non-hydrogen) atoms. The van der Waals surface area contributed by atoms with E-state index in [-0.39, 0.29) is 18.2 Å².